The van der Waals surface area contributed by atoms with Crippen LogP contribution in [0.1, 0.15) is 24.4 Å². The van der Waals surface area contributed by atoms with Crippen molar-refractivity contribution in [2.45, 2.75) is 27.3 Å². The number of aryl methyl sites for hydroxylation is 1. The zero-order valence-corrected chi connectivity index (χ0v) is 13.1. The van der Waals surface area contributed by atoms with Gasteiger partial charge in [0.1, 0.15) is 0 Å². The summed E-state index contributed by atoms with van der Waals surface area (Å²) in [5.74, 6) is -0.0110. The van der Waals surface area contributed by atoms with E-state index in [9.17, 15) is 4.79 Å². The molecular formula is C14H15ClN2O2S. The number of amides is 1. The lowest BCUT2D eigenvalue weighted by Crippen LogP contribution is -2.30. The van der Waals surface area contributed by atoms with Gasteiger partial charge in [-0.1, -0.05) is 11.6 Å². The van der Waals surface area contributed by atoms with Gasteiger partial charge in [-0.3, -0.25) is 9.63 Å². The van der Waals surface area contributed by atoms with Crippen molar-refractivity contribution in [2.24, 2.45) is 5.41 Å². The van der Waals surface area contributed by atoms with Gasteiger partial charge in [0, 0.05) is 5.02 Å². The Morgan fingerprint density at radius 1 is 1.50 bits per heavy atom. The molecule has 20 heavy (non-hydrogen) atoms. The van der Waals surface area contributed by atoms with E-state index in [0.29, 0.717) is 18.2 Å². The normalized spacial score (nSPS) is 18.2. The molecule has 0 radical (unpaired) electrons. The minimum absolute atomic E-state index is 0.0110. The number of hydroxylamine groups is 2. The van der Waals surface area contributed by atoms with Gasteiger partial charge in [-0.25, -0.2) is 10.0 Å². The molecular weight excluding hydrogens is 296 g/mol. The smallest absolute Gasteiger partial charge is 0.254 e. The van der Waals surface area contributed by atoms with Crippen LogP contribution in [0.3, 0.4) is 0 Å². The molecule has 0 spiro atoms. The maximum atomic E-state index is 12.2. The Labute approximate surface area is 126 Å². The Morgan fingerprint density at radius 2 is 2.25 bits per heavy atom. The van der Waals surface area contributed by atoms with Crippen LogP contribution in [0, 0.1) is 12.3 Å². The van der Waals surface area contributed by atoms with Gasteiger partial charge in [-0.05, 0) is 38.5 Å². The van der Waals surface area contributed by atoms with Crippen molar-refractivity contribution in [3.8, 4) is 0 Å². The number of thiazole rings is 1. The first-order valence-corrected chi connectivity index (χ1v) is 7.57. The first kappa shape index (κ1) is 13.8. The van der Waals surface area contributed by atoms with Crippen LogP contribution in [0.2, 0.25) is 5.02 Å². The maximum absolute atomic E-state index is 12.2. The standard InChI is InChI=1S/C14H15ClN2O2S/c1-8-16-11-4-9(10(15)5-12(11)20-8)6-17-13(18)14(2,3)7-19-17/h4-5H,6-7H2,1-3H3. The molecule has 3 rings (SSSR count). The molecule has 0 N–H and O–H groups in total. The number of carbonyl (C=O) groups is 1. The Hall–Kier alpha value is -1.17. The number of hydrogen-bond donors (Lipinski definition) is 0. The molecule has 6 heteroatoms. The first-order valence-electron chi connectivity index (χ1n) is 6.37. The Bertz CT molecular complexity index is 696. The van der Waals surface area contributed by atoms with Crippen LogP contribution in [-0.4, -0.2) is 22.6 Å². The second-order valence-electron chi connectivity index (χ2n) is 5.64. The molecule has 0 atom stereocenters. The van der Waals surface area contributed by atoms with E-state index in [1.165, 1.54) is 5.06 Å². The lowest BCUT2D eigenvalue weighted by Gasteiger charge is -2.17. The van der Waals surface area contributed by atoms with Crippen molar-refractivity contribution in [3.05, 3.63) is 27.7 Å². The molecule has 0 aliphatic carbocycles. The Kier molecular flexibility index (Phi) is 3.23. The third-order valence-corrected chi connectivity index (χ3v) is 4.65. The van der Waals surface area contributed by atoms with Crippen molar-refractivity contribution in [2.75, 3.05) is 6.61 Å². The number of fused-ring (bicyclic) bond motifs is 1. The fourth-order valence-corrected chi connectivity index (χ4v) is 3.33. The fraction of sp³-hybridized carbons (Fsp3) is 0.429. The predicted octanol–water partition coefficient (Wildman–Crippen LogP) is 3.56. The summed E-state index contributed by atoms with van der Waals surface area (Å²) in [5, 5.41) is 3.04. The molecule has 1 aliphatic rings. The lowest BCUT2D eigenvalue weighted by atomic mass is 9.95. The largest absolute Gasteiger partial charge is 0.272 e. The number of nitrogens with zero attached hydrogens (tertiary/aromatic N) is 2. The van der Waals surface area contributed by atoms with E-state index in [1.807, 2.05) is 32.9 Å². The molecule has 1 fully saturated rings. The van der Waals surface area contributed by atoms with Gasteiger partial charge in [0.15, 0.2) is 0 Å². The summed E-state index contributed by atoms with van der Waals surface area (Å²) in [4.78, 5) is 22.1. The van der Waals surface area contributed by atoms with Crippen LogP contribution >= 0.6 is 22.9 Å². The highest BCUT2D eigenvalue weighted by molar-refractivity contribution is 7.18. The number of benzene rings is 1. The number of aromatic nitrogens is 1. The summed E-state index contributed by atoms with van der Waals surface area (Å²) in [5.41, 5.74) is 1.31. The summed E-state index contributed by atoms with van der Waals surface area (Å²) in [7, 11) is 0. The molecule has 1 aromatic carbocycles. The van der Waals surface area contributed by atoms with E-state index in [0.717, 1.165) is 20.8 Å². The van der Waals surface area contributed by atoms with E-state index >= 15 is 0 Å². The number of halogens is 1. The molecule has 2 aromatic rings. The molecule has 1 aromatic heterocycles. The highest BCUT2D eigenvalue weighted by atomic mass is 35.5. The topological polar surface area (TPSA) is 42.4 Å². The van der Waals surface area contributed by atoms with Crippen LogP contribution in [-0.2, 0) is 16.2 Å². The average Bonchev–Trinajstić information content (AvgIpc) is 2.83. The van der Waals surface area contributed by atoms with Gasteiger partial charge in [-0.2, -0.15) is 0 Å². The molecule has 0 unspecified atom stereocenters. The van der Waals surface area contributed by atoms with E-state index in [1.54, 1.807) is 11.3 Å². The van der Waals surface area contributed by atoms with Crippen LogP contribution in [0.25, 0.3) is 10.2 Å². The van der Waals surface area contributed by atoms with Crippen molar-refractivity contribution >= 4 is 39.1 Å². The summed E-state index contributed by atoms with van der Waals surface area (Å²) in [6, 6.07) is 3.84. The van der Waals surface area contributed by atoms with E-state index in [4.69, 9.17) is 16.4 Å². The SMILES string of the molecule is Cc1nc2cc(CN3OCC(C)(C)C3=O)c(Cl)cc2s1. The van der Waals surface area contributed by atoms with E-state index < -0.39 is 5.41 Å². The zero-order valence-electron chi connectivity index (χ0n) is 11.6. The van der Waals surface area contributed by atoms with E-state index in [2.05, 4.69) is 4.98 Å². The monoisotopic (exact) mass is 310 g/mol. The van der Waals surface area contributed by atoms with E-state index in [-0.39, 0.29) is 5.91 Å². The van der Waals surface area contributed by atoms with Crippen LogP contribution in [0.4, 0.5) is 0 Å². The van der Waals surface area contributed by atoms with Gasteiger partial charge in [0.25, 0.3) is 5.91 Å². The highest BCUT2D eigenvalue weighted by Gasteiger charge is 2.40. The van der Waals surface area contributed by atoms with Crippen LogP contribution in [0.5, 0.6) is 0 Å². The lowest BCUT2D eigenvalue weighted by molar-refractivity contribution is -0.165. The number of carbonyl (C=O) groups excluding carboxylic acids is 1. The Balaban J connectivity index is 1.91. The fourth-order valence-electron chi connectivity index (χ4n) is 2.20. The number of hydrogen-bond acceptors (Lipinski definition) is 4. The zero-order chi connectivity index (χ0) is 14.5. The molecule has 2 heterocycles. The minimum Gasteiger partial charge on any atom is -0.272 e. The van der Waals surface area contributed by atoms with Gasteiger partial charge >= 0.3 is 0 Å². The predicted molar refractivity (Wildman–Crippen MR) is 79.7 cm³/mol. The van der Waals surface area contributed by atoms with Gasteiger partial charge in [0.05, 0.1) is 33.8 Å². The van der Waals surface area contributed by atoms with Crippen LogP contribution < -0.4 is 0 Å². The van der Waals surface area contributed by atoms with Crippen molar-refractivity contribution in [1.82, 2.24) is 10.0 Å². The van der Waals surface area contributed by atoms with Crippen molar-refractivity contribution in [1.29, 1.82) is 0 Å². The molecule has 0 bridgehead atoms. The summed E-state index contributed by atoms with van der Waals surface area (Å²) >= 11 is 7.91. The third kappa shape index (κ3) is 2.30. The van der Waals surface area contributed by atoms with Crippen LogP contribution in [0.15, 0.2) is 12.1 Å². The molecule has 106 valence electrons. The Morgan fingerprint density at radius 3 is 2.90 bits per heavy atom. The molecule has 1 amide bonds. The highest BCUT2D eigenvalue weighted by Crippen LogP contribution is 2.32. The molecule has 0 saturated carbocycles. The third-order valence-electron chi connectivity index (χ3n) is 3.36. The van der Waals surface area contributed by atoms with Crippen molar-refractivity contribution in [3.63, 3.8) is 0 Å². The first-order chi connectivity index (χ1) is 9.37. The summed E-state index contributed by atoms with van der Waals surface area (Å²) in [6.45, 7) is 6.48. The minimum atomic E-state index is -0.464. The van der Waals surface area contributed by atoms with Gasteiger partial charge < -0.3 is 0 Å². The van der Waals surface area contributed by atoms with Crippen molar-refractivity contribution < 1.29 is 9.63 Å². The molecule has 1 saturated heterocycles. The second kappa shape index (κ2) is 4.69. The maximum Gasteiger partial charge on any atom is 0.254 e. The average molecular weight is 311 g/mol. The van der Waals surface area contributed by atoms with Gasteiger partial charge in [-0.15, -0.1) is 11.3 Å². The summed E-state index contributed by atoms with van der Waals surface area (Å²) < 4.78 is 1.06. The number of rotatable bonds is 2. The molecule has 4 nitrogen and oxygen atoms in total. The quantitative estimate of drug-likeness (QED) is 0.851. The summed E-state index contributed by atoms with van der Waals surface area (Å²) in [6.07, 6.45) is 0. The molecule has 1 aliphatic heterocycles. The second-order valence-corrected chi connectivity index (χ2v) is 7.29. The van der Waals surface area contributed by atoms with Gasteiger partial charge in [0.2, 0.25) is 0 Å².